The van der Waals surface area contributed by atoms with Crippen LogP contribution in [0, 0.1) is 24.7 Å². The standard InChI is InChI=1S/C18H13F13N2/c1-8-5-10(6-9(2)12(8)11(33)7-32)3-4-13(19,20)14(21,22)15(23,24)16(25,26)17(27,28)18(29,30)31/h3-7,32-33H,1-2H3. The second kappa shape index (κ2) is 8.31. The van der Waals surface area contributed by atoms with Crippen molar-refractivity contribution in [3.05, 3.63) is 40.5 Å². The number of halogens is 13. The molecule has 0 unspecified atom stereocenters. The maximum Gasteiger partial charge on any atom is 0.460 e. The fourth-order valence-electron chi connectivity index (χ4n) is 2.68. The molecule has 1 rings (SSSR count). The van der Waals surface area contributed by atoms with E-state index in [0.717, 1.165) is 12.1 Å². The van der Waals surface area contributed by atoms with Crippen LogP contribution in [0.5, 0.6) is 0 Å². The molecule has 0 atom stereocenters. The highest BCUT2D eigenvalue weighted by Crippen LogP contribution is 2.60. The van der Waals surface area contributed by atoms with Crippen molar-refractivity contribution in [2.24, 2.45) is 0 Å². The summed E-state index contributed by atoms with van der Waals surface area (Å²) >= 11 is 0. The Morgan fingerprint density at radius 2 is 1.09 bits per heavy atom. The second-order valence-corrected chi connectivity index (χ2v) is 6.84. The van der Waals surface area contributed by atoms with E-state index in [1.165, 1.54) is 13.8 Å². The maximum atomic E-state index is 13.8. The third-order valence-electron chi connectivity index (χ3n) is 4.41. The van der Waals surface area contributed by atoms with E-state index in [4.69, 9.17) is 10.8 Å². The van der Waals surface area contributed by atoms with Crippen molar-refractivity contribution in [2.75, 3.05) is 0 Å². The lowest BCUT2D eigenvalue weighted by Crippen LogP contribution is -2.69. The largest absolute Gasteiger partial charge is 0.460 e. The van der Waals surface area contributed by atoms with Gasteiger partial charge >= 0.3 is 35.8 Å². The normalized spacial score (nSPS) is 14.6. The zero-order chi connectivity index (χ0) is 26.4. The molecule has 2 nitrogen and oxygen atoms in total. The van der Waals surface area contributed by atoms with Crippen molar-refractivity contribution >= 4 is 18.0 Å². The molecule has 0 radical (unpaired) electrons. The lowest BCUT2D eigenvalue weighted by molar-refractivity contribution is -0.436. The first-order chi connectivity index (χ1) is 14.5. The van der Waals surface area contributed by atoms with E-state index in [0.29, 0.717) is 6.21 Å². The Morgan fingerprint density at radius 1 is 0.697 bits per heavy atom. The molecule has 0 aliphatic rings. The molecule has 0 saturated carbocycles. The summed E-state index contributed by atoms with van der Waals surface area (Å²) in [6.07, 6.45) is -7.86. The molecule has 0 aliphatic carbocycles. The quantitative estimate of drug-likeness (QED) is 0.281. The van der Waals surface area contributed by atoms with Gasteiger partial charge in [0.15, 0.2) is 0 Å². The molecule has 0 saturated heterocycles. The number of hydrogen-bond donors (Lipinski definition) is 2. The van der Waals surface area contributed by atoms with Gasteiger partial charge in [-0.3, -0.25) is 5.41 Å². The van der Waals surface area contributed by atoms with Crippen molar-refractivity contribution in [1.82, 2.24) is 0 Å². The van der Waals surface area contributed by atoms with Crippen LogP contribution < -0.4 is 0 Å². The van der Waals surface area contributed by atoms with Crippen LogP contribution in [0.4, 0.5) is 57.1 Å². The summed E-state index contributed by atoms with van der Waals surface area (Å²) in [5, 5.41) is 14.6. The molecule has 186 valence electrons. The predicted octanol–water partition coefficient (Wildman–Crippen LogP) is 7.07. The number of nitrogens with one attached hydrogen (secondary N) is 2. The summed E-state index contributed by atoms with van der Waals surface area (Å²) in [5.74, 6) is -37.3. The van der Waals surface area contributed by atoms with Gasteiger partial charge in [-0.1, -0.05) is 18.2 Å². The average Bonchev–Trinajstić information content (AvgIpc) is 2.64. The van der Waals surface area contributed by atoms with E-state index >= 15 is 0 Å². The molecule has 0 heterocycles. The van der Waals surface area contributed by atoms with Crippen molar-refractivity contribution in [3.63, 3.8) is 0 Å². The van der Waals surface area contributed by atoms with Crippen molar-refractivity contribution in [2.45, 2.75) is 49.6 Å². The molecule has 15 heteroatoms. The first kappa shape index (κ1) is 28.4. The highest BCUT2D eigenvalue weighted by Gasteiger charge is 2.90. The molecule has 0 spiro atoms. The molecule has 33 heavy (non-hydrogen) atoms. The Labute approximate surface area is 177 Å². The van der Waals surface area contributed by atoms with Crippen LogP contribution in [-0.4, -0.2) is 47.7 Å². The monoisotopic (exact) mass is 504 g/mol. The van der Waals surface area contributed by atoms with Gasteiger partial charge in [-0.25, -0.2) is 0 Å². The van der Waals surface area contributed by atoms with Crippen LogP contribution in [0.25, 0.3) is 6.08 Å². The van der Waals surface area contributed by atoms with Gasteiger partial charge in [-0.2, -0.15) is 57.1 Å². The minimum Gasteiger partial charge on any atom is -0.307 e. The van der Waals surface area contributed by atoms with Gasteiger partial charge in [-0.15, -0.1) is 0 Å². The van der Waals surface area contributed by atoms with Gasteiger partial charge in [0.05, 0.1) is 5.71 Å². The molecule has 1 aromatic carbocycles. The summed E-state index contributed by atoms with van der Waals surface area (Å²) in [5.41, 5.74) is -0.387. The SMILES string of the molecule is Cc1cc(C=CC(F)(F)C(F)(F)C(F)(F)C(F)(F)C(F)(F)C(F)(F)F)cc(C)c1C(=N)C=N. The van der Waals surface area contributed by atoms with Gasteiger partial charge in [0.25, 0.3) is 0 Å². The van der Waals surface area contributed by atoms with E-state index in [9.17, 15) is 57.1 Å². The third-order valence-corrected chi connectivity index (χ3v) is 4.41. The molecular formula is C18H13F13N2. The number of aryl methyl sites for hydroxylation is 2. The minimum atomic E-state index is -7.94. The van der Waals surface area contributed by atoms with Crippen molar-refractivity contribution < 1.29 is 57.1 Å². The zero-order valence-electron chi connectivity index (χ0n) is 16.3. The van der Waals surface area contributed by atoms with E-state index < -0.39 is 47.4 Å². The van der Waals surface area contributed by atoms with E-state index in [2.05, 4.69) is 0 Å². The van der Waals surface area contributed by atoms with E-state index in [1.54, 1.807) is 0 Å². The van der Waals surface area contributed by atoms with Gasteiger partial charge in [0, 0.05) is 11.8 Å². The molecule has 0 fully saturated rings. The molecule has 2 N–H and O–H groups in total. The lowest BCUT2D eigenvalue weighted by atomic mass is 9.92. The molecule has 0 amide bonds. The topological polar surface area (TPSA) is 47.7 Å². The van der Waals surface area contributed by atoms with Crippen LogP contribution in [0.1, 0.15) is 22.3 Å². The first-order valence-corrected chi connectivity index (χ1v) is 8.35. The van der Waals surface area contributed by atoms with E-state index in [-0.39, 0.29) is 28.5 Å². The zero-order valence-corrected chi connectivity index (χ0v) is 16.3. The Morgan fingerprint density at radius 3 is 1.45 bits per heavy atom. The Hall–Kier alpha value is -2.61. The number of rotatable bonds is 8. The Bertz CT molecular complexity index is 936. The molecule has 0 aromatic heterocycles. The maximum absolute atomic E-state index is 13.8. The predicted molar refractivity (Wildman–Crippen MR) is 91.4 cm³/mol. The van der Waals surface area contributed by atoms with Crippen LogP contribution in [0.2, 0.25) is 0 Å². The first-order valence-electron chi connectivity index (χ1n) is 8.35. The lowest BCUT2D eigenvalue weighted by Gasteiger charge is -2.39. The smallest absolute Gasteiger partial charge is 0.307 e. The van der Waals surface area contributed by atoms with Gasteiger partial charge < -0.3 is 5.41 Å². The summed E-state index contributed by atoms with van der Waals surface area (Å²) in [6.45, 7) is 2.58. The van der Waals surface area contributed by atoms with Crippen LogP contribution in [0.15, 0.2) is 18.2 Å². The second-order valence-electron chi connectivity index (χ2n) is 6.84. The molecular weight excluding hydrogens is 491 g/mol. The number of allylic oxidation sites excluding steroid dienone is 1. The van der Waals surface area contributed by atoms with Crippen molar-refractivity contribution in [1.29, 1.82) is 10.8 Å². The van der Waals surface area contributed by atoms with Gasteiger partial charge in [-0.05, 0) is 36.6 Å². The Kier molecular flexibility index (Phi) is 7.16. The molecule has 0 bridgehead atoms. The summed E-state index contributed by atoms with van der Waals surface area (Å²) < 4.78 is 170. The molecule has 0 aliphatic heterocycles. The molecule has 1 aromatic rings. The van der Waals surface area contributed by atoms with Crippen LogP contribution >= 0.6 is 0 Å². The van der Waals surface area contributed by atoms with Crippen LogP contribution in [-0.2, 0) is 0 Å². The number of benzene rings is 1. The van der Waals surface area contributed by atoms with Gasteiger partial charge in [0.2, 0.25) is 0 Å². The minimum absolute atomic E-state index is 0.0296. The Balaban J connectivity index is 3.49. The third kappa shape index (κ3) is 4.45. The summed E-state index contributed by atoms with van der Waals surface area (Å²) in [7, 11) is 0. The number of alkyl halides is 13. The van der Waals surface area contributed by atoms with E-state index in [1.807, 2.05) is 0 Å². The van der Waals surface area contributed by atoms with Crippen LogP contribution in [0.3, 0.4) is 0 Å². The average molecular weight is 504 g/mol. The highest BCUT2D eigenvalue weighted by atomic mass is 19.4. The summed E-state index contributed by atoms with van der Waals surface area (Å²) in [6, 6.07) is 1.91. The fraction of sp³-hybridized carbons (Fsp3) is 0.444. The van der Waals surface area contributed by atoms with Gasteiger partial charge in [0.1, 0.15) is 0 Å². The van der Waals surface area contributed by atoms with Crippen molar-refractivity contribution in [3.8, 4) is 0 Å². The number of hydrogen-bond acceptors (Lipinski definition) is 2. The fourth-order valence-corrected chi connectivity index (χ4v) is 2.68. The summed E-state index contributed by atoms with van der Waals surface area (Å²) in [4.78, 5) is 0. The highest BCUT2D eigenvalue weighted by molar-refractivity contribution is 6.36.